The number of aryl methyl sites for hydroxylation is 1. The quantitative estimate of drug-likeness (QED) is 0.551. The number of hydrogen-bond donors (Lipinski definition) is 1. The number of carbonyl (C=O) groups excluding carboxylic acids is 3. The third-order valence-electron chi connectivity index (χ3n) is 4.65. The Morgan fingerprint density at radius 1 is 1.21 bits per heavy atom. The molecule has 158 valence electrons. The van der Waals surface area contributed by atoms with Gasteiger partial charge in [-0.25, -0.2) is 9.18 Å². The Labute approximate surface area is 168 Å². The summed E-state index contributed by atoms with van der Waals surface area (Å²) in [6, 6.07) is 4.53. The molecule has 8 heteroatoms. The standard InChI is InChI=1S/C21H26FNO6/c1-21(2,3)29-19(26)17(18(25)15-5-4-12-23(15)20(27)28)16(24)11-8-13-6-9-14(22)10-7-13/h6-7,9-10,15,17H,4-5,8,11-12H2,1-3H3,(H,27,28)/t15-,17?/m0/s1. The number of rotatable bonds is 7. The number of benzene rings is 1. The maximum absolute atomic E-state index is 13.0. The van der Waals surface area contributed by atoms with Gasteiger partial charge in [0.2, 0.25) is 0 Å². The van der Waals surface area contributed by atoms with Crippen molar-refractivity contribution < 1.29 is 33.4 Å². The second-order valence-electron chi connectivity index (χ2n) is 8.10. The monoisotopic (exact) mass is 407 g/mol. The maximum Gasteiger partial charge on any atom is 0.407 e. The van der Waals surface area contributed by atoms with E-state index in [1.807, 2.05) is 0 Å². The van der Waals surface area contributed by atoms with E-state index in [2.05, 4.69) is 0 Å². The van der Waals surface area contributed by atoms with Crippen molar-refractivity contribution in [2.24, 2.45) is 5.92 Å². The molecule has 0 saturated carbocycles. The van der Waals surface area contributed by atoms with E-state index >= 15 is 0 Å². The van der Waals surface area contributed by atoms with Crippen LogP contribution in [0.3, 0.4) is 0 Å². The highest BCUT2D eigenvalue weighted by Crippen LogP contribution is 2.24. The fraction of sp³-hybridized carbons (Fsp3) is 0.524. The topological polar surface area (TPSA) is 101 Å². The zero-order chi connectivity index (χ0) is 21.8. The summed E-state index contributed by atoms with van der Waals surface area (Å²) in [6.45, 7) is 5.04. The fourth-order valence-corrected chi connectivity index (χ4v) is 3.31. The van der Waals surface area contributed by atoms with Crippen LogP contribution in [0.5, 0.6) is 0 Å². The Morgan fingerprint density at radius 2 is 1.83 bits per heavy atom. The highest BCUT2D eigenvalue weighted by molar-refractivity contribution is 6.19. The Kier molecular flexibility index (Phi) is 7.11. The molecule has 2 atom stereocenters. The van der Waals surface area contributed by atoms with Gasteiger partial charge in [0.05, 0.1) is 6.04 Å². The van der Waals surface area contributed by atoms with Crippen molar-refractivity contribution in [2.75, 3.05) is 6.54 Å². The molecule has 0 aromatic heterocycles. The Hall–Kier alpha value is -2.77. The van der Waals surface area contributed by atoms with E-state index in [9.17, 15) is 28.7 Å². The summed E-state index contributed by atoms with van der Waals surface area (Å²) < 4.78 is 18.3. The van der Waals surface area contributed by atoms with E-state index in [-0.39, 0.29) is 25.8 Å². The normalized spacial score (nSPS) is 17.7. The van der Waals surface area contributed by atoms with Crippen LogP contribution in [0.2, 0.25) is 0 Å². The molecule has 1 saturated heterocycles. The van der Waals surface area contributed by atoms with Crippen molar-refractivity contribution in [1.82, 2.24) is 4.90 Å². The largest absolute Gasteiger partial charge is 0.465 e. The first-order chi connectivity index (χ1) is 13.5. The van der Waals surface area contributed by atoms with Gasteiger partial charge in [-0.1, -0.05) is 12.1 Å². The smallest absolute Gasteiger partial charge is 0.407 e. The van der Waals surface area contributed by atoms with Crippen molar-refractivity contribution in [3.8, 4) is 0 Å². The number of carbonyl (C=O) groups is 4. The SMILES string of the molecule is CC(C)(C)OC(=O)C(C(=O)CCc1ccc(F)cc1)C(=O)[C@@H]1CCCN1C(=O)O. The minimum Gasteiger partial charge on any atom is -0.465 e. The zero-order valence-corrected chi connectivity index (χ0v) is 16.8. The minimum absolute atomic E-state index is 0.124. The lowest BCUT2D eigenvalue weighted by atomic mass is 9.89. The predicted octanol–water partition coefficient (Wildman–Crippen LogP) is 3.00. The molecule has 1 fully saturated rings. The average molecular weight is 407 g/mol. The molecule has 1 aromatic rings. The van der Waals surface area contributed by atoms with E-state index in [4.69, 9.17) is 4.74 Å². The van der Waals surface area contributed by atoms with Crippen LogP contribution >= 0.6 is 0 Å². The number of esters is 1. The van der Waals surface area contributed by atoms with Gasteiger partial charge in [0.1, 0.15) is 11.4 Å². The lowest BCUT2D eigenvalue weighted by molar-refractivity contribution is -0.164. The molecule has 1 aromatic carbocycles. The van der Waals surface area contributed by atoms with Crippen molar-refractivity contribution in [3.05, 3.63) is 35.6 Å². The summed E-state index contributed by atoms with van der Waals surface area (Å²) in [5.74, 6) is -4.44. The number of Topliss-reactive ketones (excluding diaryl/α,β-unsaturated/α-hetero) is 2. The summed E-state index contributed by atoms with van der Waals surface area (Å²) in [5.41, 5.74) is -0.224. The lowest BCUT2D eigenvalue weighted by Gasteiger charge is -2.26. The highest BCUT2D eigenvalue weighted by Gasteiger charge is 2.44. The number of nitrogens with zero attached hydrogens (tertiary/aromatic N) is 1. The molecular formula is C21H26FNO6. The summed E-state index contributed by atoms with van der Waals surface area (Å²) in [7, 11) is 0. The maximum atomic E-state index is 13.0. The molecule has 0 radical (unpaired) electrons. The van der Waals surface area contributed by atoms with Crippen molar-refractivity contribution in [3.63, 3.8) is 0 Å². The first kappa shape index (κ1) is 22.5. The van der Waals surface area contributed by atoms with E-state index in [0.717, 1.165) is 4.90 Å². The lowest BCUT2D eigenvalue weighted by Crippen LogP contribution is -2.47. The van der Waals surface area contributed by atoms with E-state index in [0.29, 0.717) is 12.0 Å². The summed E-state index contributed by atoms with van der Waals surface area (Å²) in [5, 5.41) is 9.29. The predicted molar refractivity (Wildman–Crippen MR) is 102 cm³/mol. The van der Waals surface area contributed by atoms with Gasteiger partial charge in [-0.2, -0.15) is 0 Å². The molecule has 1 unspecified atom stereocenters. The number of hydrogen-bond acceptors (Lipinski definition) is 5. The number of amides is 1. The molecule has 2 rings (SSSR count). The van der Waals surface area contributed by atoms with Gasteiger partial charge >= 0.3 is 12.1 Å². The van der Waals surface area contributed by atoms with Crippen molar-refractivity contribution in [1.29, 1.82) is 0 Å². The molecule has 7 nitrogen and oxygen atoms in total. The van der Waals surface area contributed by atoms with Gasteiger partial charge in [0.25, 0.3) is 0 Å². The molecule has 29 heavy (non-hydrogen) atoms. The van der Waals surface area contributed by atoms with Gasteiger partial charge in [0.15, 0.2) is 17.5 Å². The molecule has 1 aliphatic rings. The van der Waals surface area contributed by atoms with Crippen LogP contribution in [0, 0.1) is 11.7 Å². The molecule has 1 N–H and O–H groups in total. The molecule has 0 bridgehead atoms. The Bertz CT molecular complexity index is 783. The minimum atomic E-state index is -1.68. The van der Waals surface area contributed by atoms with Crippen LogP contribution in [-0.4, -0.2) is 51.8 Å². The fourth-order valence-electron chi connectivity index (χ4n) is 3.31. The van der Waals surface area contributed by atoms with Crippen LogP contribution in [0.15, 0.2) is 24.3 Å². The first-order valence-electron chi connectivity index (χ1n) is 9.53. The molecule has 1 aliphatic heterocycles. The third kappa shape index (κ3) is 6.10. The van der Waals surface area contributed by atoms with E-state index < -0.39 is 47.0 Å². The van der Waals surface area contributed by atoms with Crippen LogP contribution in [0.1, 0.15) is 45.6 Å². The van der Waals surface area contributed by atoms with Crippen LogP contribution in [-0.2, 0) is 25.5 Å². The third-order valence-corrected chi connectivity index (χ3v) is 4.65. The number of ketones is 2. The number of carboxylic acid groups (broad SMARTS) is 1. The second-order valence-corrected chi connectivity index (χ2v) is 8.10. The summed E-state index contributed by atoms with van der Waals surface area (Å²) in [6.07, 6.45) is -0.425. The van der Waals surface area contributed by atoms with Gasteiger partial charge < -0.3 is 9.84 Å². The second kappa shape index (κ2) is 9.15. The van der Waals surface area contributed by atoms with Crippen molar-refractivity contribution >= 4 is 23.6 Å². The van der Waals surface area contributed by atoms with E-state index in [1.54, 1.807) is 20.8 Å². The Morgan fingerprint density at radius 3 is 2.38 bits per heavy atom. The molecular weight excluding hydrogens is 381 g/mol. The molecule has 1 heterocycles. The number of likely N-dealkylation sites (tertiary alicyclic amines) is 1. The van der Waals surface area contributed by atoms with Gasteiger partial charge in [-0.3, -0.25) is 19.3 Å². The molecule has 0 aliphatic carbocycles. The molecule has 0 spiro atoms. The average Bonchev–Trinajstić information content (AvgIpc) is 3.10. The summed E-state index contributed by atoms with van der Waals surface area (Å²) >= 11 is 0. The van der Waals surface area contributed by atoms with Gasteiger partial charge in [-0.05, 0) is 57.7 Å². The van der Waals surface area contributed by atoms with Gasteiger partial charge in [-0.15, -0.1) is 0 Å². The van der Waals surface area contributed by atoms with Crippen LogP contribution in [0.25, 0.3) is 0 Å². The number of halogens is 1. The van der Waals surface area contributed by atoms with Crippen molar-refractivity contribution in [2.45, 2.75) is 58.1 Å². The first-order valence-corrected chi connectivity index (χ1v) is 9.53. The van der Waals surface area contributed by atoms with Crippen LogP contribution in [0.4, 0.5) is 9.18 Å². The summed E-state index contributed by atoms with van der Waals surface area (Å²) in [4.78, 5) is 50.8. The van der Waals surface area contributed by atoms with Crippen LogP contribution < -0.4 is 0 Å². The highest BCUT2D eigenvalue weighted by atomic mass is 19.1. The number of ether oxygens (including phenoxy) is 1. The van der Waals surface area contributed by atoms with Gasteiger partial charge in [0, 0.05) is 13.0 Å². The molecule has 1 amide bonds. The zero-order valence-electron chi connectivity index (χ0n) is 16.8. The van der Waals surface area contributed by atoms with E-state index in [1.165, 1.54) is 24.3 Å². The Balaban J connectivity index is 2.20.